The molecule has 76 valence electrons. The van der Waals surface area contributed by atoms with E-state index in [1.165, 1.54) is 0 Å². The van der Waals surface area contributed by atoms with Crippen LogP contribution < -0.4 is 0 Å². The van der Waals surface area contributed by atoms with E-state index >= 15 is 0 Å². The van der Waals surface area contributed by atoms with Crippen LogP contribution in [0.4, 0.5) is 4.79 Å². The number of carbonyl (C=O) groups is 1. The second-order valence-electron chi connectivity index (χ2n) is 3.62. The zero-order chi connectivity index (χ0) is 9.84. The Bertz CT molecular complexity index is 186. The van der Waals surface area contributed by atoms with Crippen molar-refractivity contribution in [3.63, 3.8) is 0 Å². The van der Waals surface area contributed by atoms with Crippen LogP contribution in [0.5, 0.6) is 0 Å². The molecular formula is C9H17ClN2O. The summed E-state index contributed by atoms with van der Waals surface area (Å²) in [5.74, 6) is 0. The van der Waals surface area contributed by atoms with Gasteiger partial charge in [-0.05, 0) is 38.0 Å². The average molecular weight is 205 g/mol. The van der Waals surface area contributed by atoms with E-state index in [-0.39, 0.29) is 11.4 Å². The number of nitrogens with zero attached hydrogens (tertiary/aromatic N) is 2. The number of hydrogen-bond acceptors (Lipinski definition) is 2. The van der Waals surface area contributed by atoms with Crippen molar-refractivity contribution in [2.45, 2.75) is 25.8 Å². The maximum Gasteiger partial charge on any atom is 0.316 e. The zero-order valence-electron chi connectivity index (χ0n) is 8.29. The van der Waals surface area contributed by atoms with Gasteiger partial charge in [0.1, 0.15) is 0 Å². The second-order valence-corrected chi connectivity index (χ2v) is 3.95. The number of hydrogen-bond donors (Lipinski definition) is 0. The van der Waals surface area contributed by atoms with E-state index in [2.05, 4.69) is 18.9 Å². The SMILES string of the molecule is CCC1CN(C)CCCN1C(=O)Cl. The van der Waals surface area contributed by atoms with Crippen LogP contribution in [-0.4, -0.2) is 47.9 Å². The summed E-state index contributed by atoms with van der Waals surface area (Å²) < 4.78 is 0. The third-order valence-corrected chi connectivity index (χ3v) is 2.82. The van der Waals surface area contributed by atoms with E-state index in [0.29, 0.717) is 0 Å². The van der Waals surface area contributed by atoms with Gasteiger partial charge in [-0.15, -0.1) is 0 Å². The predicted molar refractivity (Wildman–Crippen MR) is 54.1 cm³/mol. The highest BCUT2D eigenvalue weighted by molar-refractivity contribution is 6.62. The molecule has 3 nitrogen and oxygen atoms in total. The fraction of sp³-hybridized carbons (Fsp3) is 0.889. The minimum atomic E-state index is -0.304. The summed E-state index contributed by atoms with van der Waals surface area (Å²) in [4.78, 5) is 15.1. The first-order valence-corrected chi connectivity index (χ1v) is 5.17. The lowest BCUT2D eigenvalue weighted by Crippen LogP contribution is -2.41. The number of carbonyl (C=O) groups excluding carboxylic acids is 1. The summed E-state index contributed by atoms with van der Waals surface area (Å²) in [6, 6.07) is 0.289. The van der Waals surface area contributed by atoms with E-state index in [1.54, 1.807) is 4.90 Å². The fourth-order valence-corrected chi connectivity index (χ4v) is 2.05. The molecule has 0 aromatic rings. The molecule has 1 amide bonds. The molecule has 1 unspecified atom stereocenters. The molecule has 13 heavy (non-hydrogen) atoms. The van der Waals surface area contributed by atoms with Gasteiger partial charge in [0.15, 0.2) is 0 Å². The van der Waals surface area contributed by atoms with Crippen molar-refractivity contribution in [3.8, 4) is 0 Å². The first kappa shape index (κ1) is 10.8. The molecule has 0 aromatic heterocycles. The molecule has 1 rings (SSSR count). The Balaban J connectivity index is 2.64. The van der Waals surface area contributed by atoms with Gasteiger partial charge in [-0.1, -0.05) is 6.92 Å². The molecule has 0 aromatic carbocycles. The van der Waals surface area contributed by atoms with Crippen LogP contribution in [0.1, 0.15) is 19.8 Å². The molecule has 1 aliphatic heterocycles. The van der Waals surface area contributed by atoms with Crippen LogP contribution >= 0.6 is 11.6 Å². The summed E-state index contributed by atoms with van der Waals surface area (Å²) in [5, 5.41) is -0.304. The van der Waals surface area contributed by atoms with Crippen LogP contribution in [0.3, 0.4) is 0 Å². The van der Waals surface area contributed by atoms with Crippen LogP contribution in [0, 0.1) is 0 Å². The van der Waals surface area contributed by atoms with Crippen LogP contribution in [0.25, 0.3) is 0 Å². The van der Waals surface area contributed by atoms with Crippen LogP contribution in [0.15, 0.2) is 0 Å². The quantitative estimate of drug-likeness (QED) is 0.480. The Morgan fingerprint density at radius 3 is 2.77 bits per heavy atom. The largest absolute Gasteiger partial charge is 0.325 e. The highest BCUT2D eigenvalue weighted by atomic mass is 35.5. The normalized spacial score (nSPS) is 25.8. The molecule has 1 saturated heterocycles. The Kier molecular flexibility index (Phi) is 4.00. The standard InChI is InChI=1S/C9H17ClN2O/c1-3-8-7-11(2)5-4-6-12(8)9(10)13/h8H,3-7H2,1-2H3. The number of rotatable bonds is 1. The highest BCUT2D eigenvalue weighted by Crippen LogP contribution is 2.13. The van der Waals surface area contributed by atoms with Gasteiger partial charge in [0.05, 0.1) is 0 Å². The van der Waals surface area contributed by atoms with E-state index in [9.17, 15) is 4.79 Å². The van der Waals surface area contributed by atoms with Gasteiger partial charge in [0.2, 0.25) is 0 Å². The molecule has 0 radical (unpaired) electrons. The molecule has 0 saturated carbocycles. The van der Waals surface area contributed by atoms with E-state index in [0.717, 1.165) is 32.5 Å². The highest BCUT2D eigenvalue weighted by Gasteiger charge is 2.24. The Hall–Kier alpha value is -0.280. The fourth-order valence-electron chi connectivity index (χ4n) is 1.82. The van der Waals surface area contributed by atoms with E-state index in [4.69, 9.17) is 11.6 Å². The lowest BCUT2D eigenvalue weighted by molar-refractivity contribution is 0.191. The third kappa shape index (κ3) is 2.85. The Morgan fingerprint density at radius 2 is 2.23 bits per heavy atom. The summed E-state index contributed by atoms with van der Waals surface area (Å²) in [6.07, 6.45) is 1.99. The molecule has 1 aliphatic rings. The molecule has 4 heteroatoms. The van der Waals surface area contributed by atoms with Crippen molar-refractivity contribution in [1.82, 2.24) is 9.80 Å². The van der Waals surface area contributed by atoms with Crippen molar-refractivity contribution in [1.29, 1.82) is 0 Å². The number of amides is 1. The maximum absolute atomic E-state index is 11.1. The van der Waals surface area contributed by atoms with Crippen molar-refractivity contribution < 1.29 is 4.79 Å². The van der Waals surface area contributed by atoms with Gasteiger partial charge in [0, 0.05) is 19.1 Å². The lowest BCUT2D eigenvalue weighted by atomic mass is 10.2. The van der Waals surface area contributed by atoms with Crippen LogP contribution in [-0.2, 0) is 0 Å². The van der Waals surface area contributed by atoms with E-state index in [1.807, 2.05) is 0 Å². The van der Waals surface area contributed by atoms with Crippen molar-refractivity contribution >= 4 is 17.0 Å². The van der Waals surface area contributed by atoms with Gasteiger partial charge >= 0.3 is 5.37 Å². The molecular weight excluding hydrogens is 188 g/mol. The summed E-state index contributed by atoms with van der Waals surface area (Å²) >= 11 is 5.52. The minimum Gasteiger partial charge on any atom is -0.325 e. The molecule has 1 heterocycles. The molecule has 1 atom stereocenters. The van der Waals surface area contributed by atoms with Crippen LogP contribution in [0.2, 0.25) is 0 Å². The first-order chi connectivity index (χ1) is 6.15. The van der Waals surface area contributed by atoms with E-state index < -0.39 is 0 Å². The average Bonchev–Trinajstić information content (AvgIpc) is 2.26. The first-order valence-electron chi connectivity index (χ1n) is 4.79. The van der Waals surface area contributed by atoms with Gasteiger partial charge in [-0.2, -0.15) is 0 Å². The topological polar surface area (TPSA) is 23.6 Å². The molecule has 0 spiro atoms. The smallest absolute Gasteiger partial charge is 0.316 e. The molecule has 0 N–H and O–H groups in total. The monoisotopic (exact) mass is 204 g/mol. The minimum absolute atomic E-state index is 0.289. The Labute approximate surface area is 84.6 Å². The molecule has 0 aliphatic carbocycles. The van der Waals surface area contributed by atoms with Crippen molar-refractivity contribution in [2.75, 3.05) is 26.7 Å². The van der Waals surface area contributed by atoms with Crippen molar-refractivity contribution in [2.24, 2.45) is 0 Å². The number of halogens is 1. The van der Waals surface area contributed by atoms with Gasteiger partial charge in [0.25, 0.3) is 0 Å². The summed E-state index contributed by atoms with van der Waals surface area (Å²) in [5.41, 5.74) is 0. The molecule has 0 bridgehead atoms. The van der Waals surface area contributed by atoms with Gasteiger partial charge in [-0.3, -0.25) is 4.79 Å². The predicted octanol–water partition coefficient (Wildman–Crippen LogP) is 1.76. The van der Waals surface area contributed by atoms with Gasteiger partial charge < -0.3 is 9.80 Å². The molecule has 1 fully saturated rings. The van der Waals surface area contributed by atoms with Gasteiger partial charge in [-0.25, -0.2) is 0 Å². The number of likely N-dealkylation sites (N-methyl/N-ethyl adjacent to an activating group) is 1. The summed E-state index contributed by atoms with van der Waals surface area (Å²) in [7, 11) is 2.09. The zero-order valence-corrected chi connectivity index (χ0v) is 9.05. The Morgan fingerprint density at radius 1 is 1.54 bits per heavy atom. The lowest BCUT2D eigenvalue weighted by Gasteiger charge is -2.27. The second kappa shape index (κ2) is 4.82. The maximum atomic E-state index is 11.1. The summed E-state index contributed by atoms with van der Waals surface area (Å²) in [6.45, 7) is 4.88. The third-order valence-electron chi connectivity index (χ3n) is 2.60. The van der Waals surface area contributed by atoms with Crippen molar-refractivity contribution in [3.05, 3.63) is 0 Å².